The van der Waals surface area contributed by atoms with Crippen molar-refractivity contribution in [3.63, 3.8) is 0 Å². The molecule has 2 atom stereocenters. The molecule has 0 aromatic heterocycles. The van der Waals surface area contributed by atoms with Gasteiger partial charge in [0.05, 0.1) is 10.6 Å². The van der Waals surface area contributed by atoms with Crippen LogP contribution < -0.4 is 15.4 Å². The number of sulfonamides is 1. The quantitative estimate of drug-likeness (QED) is 0.744. The van der Waals surface area contributed by atoms with E-state index < -0.39 is 10.0 Å². The Labute approximate surface area is 179 Å². The molecule has 2 saturated carbocycles. The molecule has 5 nitrogen and oxygen atoms in total. The summed E-state index contributed by atoms with van der Waals surface area (Å²) in [4.78, 5) is 0.358. The summed E-state index contributed by atoms with van der Waals surface area (Å²) >= 11 is 0. The van der Waals surface area contributed by atoms with Gasteiger partial charge in [-0.15, -0.1) is 0 Å². The van der Waals surface area contributed by atoms with Crippen LogP contribution in [0, 0.1) is 5.92 Å². The van der Waals surface area contributed by atoms with Crippen LogP contribution in [0.1, 0.15) is 49.1 Å². The monoisotopic (exact) mass is 425 g/mol. The first-order chi connectivity index (χ1) is 14.5. The van der Waals surface area contributed by atoms with Crippen molar-refractivity contribution >= 4 is 15.7 Å². The molecule has 0 radical (unpaired) electrons. The van der Waals surface area contributed by atoms with Gasteiger partial charge >= 0.3 is 0 Å². The molecule has 0 bridgehead atoms. The highest BCUT2D eigenvalue weighted by Gasteiger charge is 2.39. The summed E-state index contributed by atoms with van der Waals surface area (Å²) in [6.07, 6.45) is 6.77. The predicted molar refractivity (Wildman–Crippen MR) is 120 cm³/mol. The molecule has 0 saturated heterocycles. The Kier molecular flexibility index (Phi) is 5.33. The highest BCUT2D eigenvalue weighted by atomic mass is 32.2. The fraction of sp³-hybridized carbons (Fsp3) is 0.500. The van der Waals surface area contributed by atoms with Crippen molar-refractivity contribution in [2.75, 3.05) is 17.4 Å². The molecule has 30 heavy (non-hydrogen) atoms. The molecule has 3 aliphatic rings. The van der Waals surface area contributed by atoms with Gasteiger partial charge in [-0.3, -0.25) is 4.31 Å². The van der Waals surface area contributed by atoms with E-state index in [9.17, 15) is 8.42 Å². The maximum Gasteiger partial charge on any atom is 0.264 e. The minimum atomic E-state index is -3.49. The van der Waals surface area contributed by atoms with Crippen molar-refractivity contribution in [2.45, 2.75) is 61.4 Å². The Morgan fingerprint density at radius 3 is 2.57 bits per heavy atom. The molecule has 1 aliphatic heterocycles. The Hall–Kier alpha value is -1.89. The van der Waals surface area contributed by atoms with Gasteiger partial charge in [0, 0.05) is 24.5 Å². The number of fused-ring (bicyclic) bond motifs is 1. The molecule has 0 amide bonds. The Morgan fingerprint density at radius 2 is 1.80 bits per heavy atom. The standard InChI is InChI=1S/C24H31N3O2S/c25-20-9-6-17(7-10-20)16-26-23-15-22(23)18-8-11-24-19(14-18)12-13-27(24)30(28,29)21-4-2-1-3-5-21/h1-5,8,11,14,17,20,22-23,26H,6-7,9-10,12-13,15-16,25H2/t17-,20-,22?,23?. The second kappa shape index (κ2) is 7.98. The fourth-order valence-electron chi connectivity index (χ4n) is 5.09. The van der Waals surface area contributed by atoms with E-state index >= 15 is 0 Å². The minimum absolute atomic E-state index is 0.358. The van der Waals surface area contributed by atoms with Crippen LogP contribution in [0.15, 0.2) is 53.4 Å². The molecule has 0 spiro atoms. The topological polar surface area (TPSA) is 75.4 Å². The van der Waals surface area contributed by atoms with Crippen LogP contribution in [0.25, 0.3) is 0 Å². The van der Waals surface area contributed by atoms with Gasteiger partial charge in [0.15, 0.2) is 0 Å². The third-order valence-corrected chi connectivity index (χ3v) is 8.89. The van der Waals surface area contributed by atoms with Crippen LogP contribution in [-0.2, 0) is 16.4 Å². The van der Waals surface area contributed by atoms with E-state index in [-0.39, 0.29) is 0 Å². The lowest BCUT2D eigenvalue weighted by Gasteiger charge is -2.26. The molecule has 2 aromatic rings. The maximum absolute atomic E-state index is 13.0. The van der Waals surface area contributed by atoms with Crippen molar-refractivity contribution in [3.8, 4) is 0 Å². The molecule has 2 fully saturated rings. The zero-order valence-corrected chi connectivity index (χ0v) is 18.2. The van der Waals surface area contributed by atoms with E-state index in [0.717, 1.165) is 43.0 Å². The molecule has 1 heterocycles. The molecular formula is C24H31N3O2S. The van der Waals surface area contributed by atoms with Gasteiger partial charge in [-0.2, -0.15) is 0 Å². The summed E-state index contributed by atoms with van der Waals surface area (Å²) in [5, 5.41) is 3.76. The first-order valence-electron chi connectivity index (χ1n) is 11.2. The van der Waals surface area contributed by atoms with Gasteiger partial charge in [-0.1, -0.05) is 30.3 Å². The summed E-state index contributed by atoms with van der Waals surface area (Å²) in [6, 6.07) is 16.1. The lowest BCUT2D eigenvalue weighted by molar-refractivity contribution is 0.313. The molecule has 2 unspecified atom stereocenters. The minimum Gasteiger partial charge on any atom is -0.328 e. The molecule has 2 aliphatic carbocycles. The molecule has 5 rings (SSSR count). The van der Waals surface area contributed by atoms with E-state index in [0.29, 0.717) is 29.4 Å². The normalized spacial score (nSPS) is 28.4. The van der Waals surface area contributed by atoms with Gasteiger partial charge in [0.2, 0.25) is 0 Å². The van der Waals surface area contributed by atoms with E-state index in [1.165, 1.54) is 24.8 Å². The smallest absolute Gasteiger partial charge is 0.264 e. The lowest BCUT2D eigenvalue weighted by atomic mass is 9.86. The molecular weight excluding hydrogens is 394 g/mol. The number of nitrogens with two attached hydrogens (primary N) is 1. The third-order valence-electron chi connectivity index (χ3n) is 7.07. The number of benzene rings is 2. The van der Waals surface area contributed by atoms with E-state index in [4.69, 9.17) is 5.73 Å². The molecule has 160 valence electrons. The first-order valence-corrected chi connectivity index (χ1v) is 12.7. The second-order valence-corrected chi connectivity index (χ2v) is 11.0. The predicted octanol–water partition coefficient (Wildman–Crippen LogP) is 3.40. The molecule has 2 aromatic carbocycles. The Balaban J connectivity index is 1.23. The van der Waals surface area contributed by atoms with Crippen LogP contribution in [0.2, 0.25) is 0 Å². The van der Waals surface area contributed by atoms with Crippen LogP contribution in [-0.4, -0.2) is 33.6 Å². The number of rotatable bonds is 6. The lowest BCUT2D eigenvalue weighted by Crippen LogP contribution is -2.32. The average molecular weight is 426 g/mol. The van der Waals surface area contributed by atoms with Crippen LogP contribution in [0.5, 0.6) is 0 Å². The largest absolute Gasteiger partial charge is 0.328 e. The van der Waals surface area contributed by atoms with E-state index in [1.807, 2.05) is 12.1 Å². The Bertz CT molecular complexity index is 1000. The van der Waals surface area contributed by atoms with Crippen molar-refractivity contribution in [2.24, 2.45) is 11.7 Å². The number of hydrogen-bond acceptors (Lipinski definition) is 4. The third kappa shape index (κ3) is 3.88. The summed E-state index contributed by atoms with van der Waals surface area (Å²) in [6.45, 7) is 1.62. The van der Waals surface area contributed by atoms with Crippen molar-refractivity contribution in [1.82, 2.24) is 5.32 Å². The van der Waals surface area contributed by atoms with Gasteiger partial charge < -0.3 is 11.1 Å². The van der Waals surface area contributed by atoms with Gasteiger partial charge in [0.25, 0.3) is 10.0 Å². The van der Waals surface area contributed by atoms with Crippen LogP contribution >= 0.6 is 0 Å². The van der Waals surface area contributed by atoms with Crippen molar-refractivity contribution in [1.29, 1.82) is 0 Å². The summed E-state index contributed by atoms with van der Waals surface area (Å²) in [7, 11) is -3.49. The highest BCUT2D eigenvalue weighted by Crippen LogP contribution is 2.44. The van der Waals surface area contributed by atoms with E-state index in [1.54, 1.807) is 28.6 Å². The maximum atomic E-state index is 13.0. The Morgan fingerprint density at radius 1 is 1.03 bits per heavy atom. The van der Waals surface area contributed by atoms with Gasteiger partial charge in [-0.05, 0) is 80.3 Å². The molecule has 6 heteroatoms. The number of hydrogen-bond donors (Lipinski definition) is 2. The van der Waals surface area contributed by atoms with Crippen LogP contribution in [0.3, 0.4) is 0 Å². The fourth-order valence-corrected chi connectivity index (χ4v) is 6.62. The SMILES string of the molecule is N[C@H]1CC[C@H](CNC2CC2c2ccc3c(c2)CCN3S(=O)(=O)c2ccccc2)CC1. The zero-order valence-electron chi connectivity index (χ0n) is 17.3. The number of nitrogens with one attached hydrogen (secondary N) is 1. The molecule has 3 N–H and O–H groups in total. The number of anilines is 1. The van der Waals surface area contributed by atoms with E-state index in [2.05, 4.69) is 17.4 Å². The van der Waals surface area contributed by atoms with Gasteiger partial charge in [0.1, 0.15) is 0 Å². The van der Waals surface area contributed by atoms with Crippen LogP contribution in [0.4, 0.5) is 5.69 Å². The first kappa shape index (κ1) is 20.0. The highest BCUT2D eigenvalue weighted by molar-refractivity contribution is 7.92. The van der Waals surface area contributed by atoms with Crippen molar-refractivity contribution < 1.29 is 8.42 Å². The zero-order chi connectivity index (χ0) is 20.7. The summed E-state index contributed by atoms with van der Waals surface area (Å²) < 4.78 is 27.7. The summed E-state index contributed by atoms with van der Waals surface area (Å²) in [5.41, 5.74) is 9.35. The summed E-state index contributed by atoms with van der Waals surface area (Å²) in [5.74, 6) is 1.32. The average Bonchev–Trinajstić information content (AvgIpc) is 3.42. The number of nitrogens with zero attached hydrogens (tertiary/aromatic N) is 1. The second-order valence-electron chi connectivity index (χ2n) is 9.17. The van der Waals surface area contributed by atoms with Crippen molar-refractivity contribution in [3.05, 3.63) is 59.7 Å². The van der Waals surface area contributed by atoms with Gasteiger partial charge in [-0.25, -0.2) is 8.42 Å².